The highest BCUT2D eigenvalue weighted by atomic mass is 16.5. The number of para-hydroxylation sites is 2. The molecule has 1 aliphatic rings. The molecule has 140 valence electrons. The Balaban J connectivity index is 1.36. The van der Waals surface area contributed by atoms with Crippen molar-refractivity contribution < 1.29 is 9.53 Å². The molecule has 3 aromatic rings. The van der Waals surface area contributed by atoms with E-state index in [4.69, 9.17) is 4.74 Å². The lowest BCUT2D eigenvalue weighted by Gasteiger charge is -2.18. The summed E-state index contributed by atoms with van der Waals surface area (Å²) < 4.78 is 7.79. The second-order valence-electron chi connectivity index (χ2n) is 7.03. The van der Waals surface area contributed by atoms with Crippen LogP contribution >= 0.6 is 0 Å². The Morgan fingerprint density at radius 1 is 1.22 bits per heavy atom. The Morgan fingerprint density at radius 3 is 2.81 bits per heavy atom. The zero-order valence-electron chi connectivity index (χ0n) is 15.5. The second kappa shape index (κ2) is 7.88. The normalized spacial score (nSPS) is 15.9. The van der Waals surface area contributed by atoms with Crippen molar-refractivity contribution in [2.75, 3.05) is 0 Å². The van der Waals surface area contributed by atoms with Crippen LogP contribution in [0.2, 0.25) is 0 Å². The maximum atomic E-state index is 12.2. The number of nitrogens with one attached hydrogen (secondary N) is 1. The van der Waals surface area contributed by atoms with Crippen molar-refractivity contribution in [2.24, 2.45) is 0 Å². The first-order chi connectivity index (χ1) is 13.2. The number of pyridine rings is 1. The molecule has 0 unspecified atom stereocenters. The number of benzene rings is 1. The van der Waals surface area contributed by atoms with Gasteiger partial charge in [-0.15, -0.1) is 0 Å². The molecule has 1 N–H and O–H groups in total. The van der Waals surface area contributed by atoms with Gasteiger partial charge in [0.2, 0.25) is 5.91 Å². The first kappa shape index (κ1) is 17.7. The number of imidazole rings is 1. The van der Waals surface area contributed by atoms with Gasteiger partial charge in [-0.05, 0) is 43.5 Å². The van der Waals surface area contributed by atoms with Gasteiger partial charge in [-0.25, -0.2) is 9.97 Å². The van der Waals surface area contributed by atoms with Crippen molar-refractivity contribution in [3.05, 3.63) is 54.5 Å². The third-order valence-corrected chi connectivity index (χ3v) is 5.04. The summed E-state index contributed by atoms with van der Waals surface area (Å²) in [7, 11) is 0. The molecule has 0 bridgehead atoms. The Kier molecular flexibility index (Phi) is 5.16. The van der Waals surface area contributed by atoms with Gasteiger partial charge in [0.15, 0.2) is 0 Å². The van der Waals surface area contributed by atoms with E-state index in [2.05, 4.69) is 15.3 Å². The van der Waals surface area contributed by atoms with Crippen LogP contribution in [-0.4, -0.2) is 32.7 Å². The molecule has 6 heteroatoms. The molecule has 1 fully saturated rings. The lowest BCUT2D eigenvalue weighted by atomic mass is 10.2. The molecule has 1 saturated carbocycles. The van der Waals surface area contributed by atoms with Gasteiger partial charge in [-0.3, -0.25) is 9.36 Å². The Morgan fingerprint density at radius 2 is 2.04 bits per heavy atom. The highest BCUT2D eigenvalue weighted by Gasteiger charge is 2.21. The summed E-state index contributed by atoms with van der Waals surface area (Å²) in [6.45, 7) is 2.26. The number of amides is 1. The maximum absolute atomic E-state index is 12.2. The number of hydrogen-bond acceptors (Lipinski definition) is 4. The van der Waals surface area contributed by atoms with E-state index in [0.29, 0.717) is 6.54 Å². The van der Waals surface area contributed by atoms with Crippen LogP contribution in [-0.2, 0) is 16.1 Å². The number of fused-ring (bicyclic) bond motifs is 1. The molecule has 2 heterocycles. The largest absolute Gasteiger partial charge is 0.365 e. The molecule has 1 amide bonds. The van der Waals surface area contributed by atoms with Crippen molar-refractivity contribution in [3.8, 4) is 5.82 Å². The predicted octanol–water partition coefficient (Wildman–Crippen LogP) is 3.38. The van der Waals surface area contributed by atoms with Crippen LogP contribution in [0.15, 0.2) is 48.9 Å². The van der Waals surface area contributed by atoms with E-state index in [0.717, 1.165) is 35.3 Å². The third-order valence-electron chi connectivity index (χ3n) is 5.04. The Bertz CT molecular complexity index is 913. The molecule has 0 spiro atoms. The lowest BCUT2D eigenvalue weighted by molar-refractivity contribution is -0.135. The number of carbonyl (C=O) groups is 1. The predicted molar refractivity (Wildman–Crippen MR) is 104 cm³/mol. The van der Waals surface area contributed by atoms with Crippen molar-refractivity contribution in [1.29, 1.82) is 0 Å². The van der Waals surface area contributed by atoms with E-state index in [1.54, 1.807) is 12.5 Å². The van der Waals surface area contributed by atoms with Crippen LogP contribution in [0.1, 0.15) is 38.2 Å². The van der Waals surface area contributed by atoms with Crippen molar-refractivity contribution in [2.45, 2.75) is 51.4 Å². The summed E-state index contributed by atoms with van der Waals surface area (Å²) in [6.07, 6.45) is 7.89. The average Bonchev–Trinajstić information content (AvgIpc) is 3.36. The summed E-state index contributed by atoms with van der Waals surface area (Å²) in [5.41, 5.74) is 2.90. The summed E-state index contributed by atoms with van der Waals surface area (Å²) in [4.78, 5) is 21.1. The SMILES string of the molecule is C[C@H](OC1CCCC1)C(=O)NCc1ccc(-n2cnc3ccccc32)nc1. The van der Waals surface area contributed by atoms with E-state index in [1.165, 1.54) is 12.8 Å². The Hall–Kier alpha value is -2.73. The first-order valence-corrected chi connectivity index (χ1v) is 9.51. The molecule has 1 aromatic carbocycles. The van der Waals surface area contributed by atoms with E-state index < -0.39 is 6.10 Å². The van der Waals surface area contributed by atoms with Crippen LogP contribution in [0.5, 0.6) is 0 Å². The molecule has 6 nitrogen and oxygen atoms in total. The topological polar surface area (TPSA) is 69.0 Å². The maximum Gasteiger partial charge on any atom is 0.249 e. The van der Waals surface area contributed by atoms with Gasteiger partial charge >= 0.3 is 0 Å². The molecule has 2 aromatic heterocycles. The molecule has 4 rings (SSSR count). The molecule has 0 radical (unpaired) electrons. The van der Waals surface area contributed by atoms with Gasteiger partial charge in [0.25, 0.3) is 0 Å². The van der Waals surface area contributed by atoms with Gasteiger partial charge < -0.3 is 10.1 Å². The fourth-order valence-electron chi connectivity index (χ4n) is 3.51. The summed E-state index contributed by atoms with van der Waals surface area (Å²) in [6, 6.07) is 11.9. The van der Waals surface area contributed by atoms with E-state index in [-0.39, 0.29) is 12.0 Å². The Labute approximate surface area is 158 Å². The fraction of sp³-hybridized carbons (Fsp3) is 0.381. The highest BCUT2D eigenvalue weighted by Crippen LogP contribution is 2.22. The molecular formula is C21H24N4O2. The van der Waals surface area contributed by atoms with Gasteiger partial charge in [-0.2, -0.15) is 0 Å². The van der Waals surface area contributed by atoms with Gasteiger partial charge in [0.05, 0.1) is 17.1 Å². The average molecular weight is 364 g/mol. The molecule has 0 aliphatic heterocycles. The first-order valence-electron chi connectivity index (χ1n) is 9.51. The van der Waals surface area contributed by atoms with Crippen molar-refractivity contribution in [1.82, 2.24) is 19.9 Å². The molecular weight excluding hydrogens is 340 g/mol. The van der Waals surface area contributed by atoms with Crippen LogP contribution in [0.3, 0.4) is 0 Å². The van der Waals surface area contributed by atoms with Gasteiger partial charge in [-0.1, -0.05) is 31.0 Å². The highest BCUT2D eigenvalue weighted by molar-refractivity contribution is 5.80. The zero-order valence-corrected chi connectivity index (χ0v) is 15.5. The van der Waals surface area contributed by atoms with E-state index >= 15 is 0 Å². The zero-order chi connectivity index (χ0) is 18.6. The van der Waals surface area contributed by atoms with E-state index in [9.17, 15) is 4.79 Å². The minimum Gasteiger partial charge on any atom is -0.365 e. The van der Waals surface area contributed by atoms with Crippen LogP contribution < -0.4 is 5.32 Å². The smallest absolute Gasteiger partial charge is 0.249 e. The molecule has 27 heavy (non-hydrogen) atoms. The number of carbonyl (C=O) groups excluding carboxylic acids is 1. The van der Waals surface area contributed by atoms with Gasteiger partial charge in [0.1, 0.15) is 18.2 Å². The quantitative estimate of drug-likeness (QED) is 0.728. The number of nitrogens with zero attached hydrogens (tertiary/aromatic N) is 3. The molecule has 0 saturated heterocycles. The van der Waals surface area contributed by atoms with Crippen LogP contribution in [0, 0.1) is 0 Å². The van der Waals surface area contributed by atoms with Crippen LogP contribution in [0.25, 0.3) is 16.9 Å². The minimum absolute atomic E-state index is 0.0772. The number of hydrogen-bond donors (Lipinski definition) is 1. The fourth-order valence-corrected chi connectivity index (χ4v) is 3.51. The second-order valence-corrected chi connectivity index (χ2v) is 7.03. The van der Waals surface area contributed by atoms with E-state index in [1.807, 2.05) is 47.9 Å². The summed E-state index contributed by atoms with van der Waals surface area (Å²) in [5.74, 6) is 0.725. The summed E-state index contributed by atoms with van der Waals surface area (Å²) in [5, 5.41) is 2.93. The number of aromatic nitrogens is 3. The monoisotopic (exact) mass is 364 g/mol. The van der Waals surface area contributed by atoms with Crippen LogP contribution in [0.4, 0.5) is 0 Å². The van der Waals surface area contributed by atoms with Crippen molar-refractivity contribution >= 4 is 16.9 Å². The standard InChI is InChI=1S/C21H24N4O2/c1-15(27-17-6-2-3-7-17)21(26)23-13-16-10-11-20(22-12-16)25-14-24-18-8-4-5-9-19(18)25/h4-5,8-12,14-15,17H,2-3,6-7,13H2,1H3,(H,23,26)/t15-/m0/s1. The number of rotatable bonds is 6. The number of ether oxygens (including phenoxy) is 1. The molecule has 1 aliphatic carbocycles. The molecule has 1 atom stereocenters. The minimum atomic E-state index is -0.419. The van der Waals surface area contributed by atoms with Gasteiger partial charge in [0, 0.05) is 12.7 Å². The third kappa shape index (κ3) is 4.01. The summed E-state index contributed by atoms with van der Waals surface area (Å²) >= 11 is 0. The van der Waals surface area contributed by atoms with Crippen molar-refractivity contribution in [3.63, 3.8) is 0 Å². The lowest BCUT2D eigenvalue weighted by Crippen LogP contribution is -2.36.